The van der Waals surface area contributed by atoms with Crippen LogP contribution in [0.3, 0.4) is 0 Å². The van der Waals surface area contributed by atoms with Gasteiger partial charge in [0.15, 0.2) is 5.58 Å². The van der Waals surface area contributed by atoms with Gasteiger partial charge >= 0.3 is 0 Å². The maximum atomic E-state index is 7.53. The van der Waals surface area contributed by atoms with Crippen molar-refractivity contribution in [3.63, 3.8) is 0 Å². The molecule has 0 radical (unpaired) electrons. The molecule has 0 aromatic carbocycles. The number of pyridine rings is 1. The summed E-state index contributed by atoms with van der Waals surface area (Å²) in [5.41, 5.74) is 2.53. The van der Waals surface area contributed by atoms with Crippen molar-refractivity contribution in [3.05, 3.63) is 30.1 Å². The van der Waals surface area contributed by atoms with Crippen LogP contribution in [0, 0.1) is 0 Å². The predicted octanol–water partition coefficient (Wildman–Crippen LogP) is 2.95. The van der Waals surface area contributed by atoms with E-state index in [1.54, 1.807) is 6.20 Å². The zero-order valence-corrected chi connectivity index (χ0v) is 7.16. The van der Waals surface area contributed by atoms with Crippen molar-refractivity contribution in [1.82, 2.24) is 4.98 Å². The van der Waals surface area contributed by atoms with Gasteiger partial charge in [-0.15, -0.1) is 0 Å². The van der Waals surface area contributed by atoms with Crippen LogP contribution in [0.15, 0.2) is 29.0 Å². The average molecular weight is 162 g/mol. The highest BCUT2D eigenvalue weighted by molar-refractivity contribution is 5.76. The second kappa shape index (κ2) is 2.63. The highest BCUT2D eigenvalue weighted by atomic mass is 16.3. The van der Waals surface area contributed by atoms with E-state index in [0.717, 1.165) is 11.1 Å². The van der Waals surface area contributed by atoms with Crippen LogP contribution >= 0.6 is 0 Å². The molecule has 2 aromatic rings. The number of hydrogen-bond donors (Lipinski definition) is 0. The van der Waals surface area contributed by atoms with Gasteiger partial charge in [0.1, 0.15) is 5.52 Å². The van der Waals surface area contributed by atoms with Gasteiger partial charge < -0.3 is 4.42 Å². The van der Waals surface area contributed by atoms with Crippen LogP contribution in [0.4, 0.5) is 0 Å². The molecule has 2 rings (SSSR count). The Kier molecular flexibility index (Phi) is 1.36. The van der Waals surface area contributed by atoms with E-state index in [0.29, 0.717) is 17.5 Å². The van der Waals surface area contributed by atoms with E-state index in [4.69, 9.17) is 5.79 Å². The Bertz CT molecular complexity index is 433. The maximum Gasteiger partial charge on any atom is 0.155 e. The van der Waals surface area contributed by atoms with E-state index in [-0.39, 0.29) is 0 Å². The van der Waals surface area contributed by atoms with Crippen molar-refractivity contribution < 1.29 is 5.79 Å². The normalized spacial score (nSPS) is 12.4. The lowest BCUT2D eigenvalue weighted by Gasteiger charge is -2.03. The minimum Gasteiger partial charge on any atom is -0.462 e. The molecule has 2 nitrogen and oxygen atoms in total. The summed E-state index contributed by atoms with van der Waals surface area (Å²) in [6.07, 6.45) is 3.16. The zero-order valence-electron chi connectivity index (χ0n) is 8.16. The fourth-order valence-corrected chi connectivity index (χ4v) is 1.29. The minimum absolute atomic E-state index is 0.359. The van der Waals surface area contributed by atoms with Gasteiger partial charge in [-0.05, 0) is 12.0 Å². The van der Waals surface area contributed by atoms with Crippen LogP contribution in [-0.2, 0) is 0 Å². The van der Waals surface area contributed by atoms with Crippen molar-refractivity contribution in [2.75, 3.05) is 0 Å². The molecule has 0 aliphatic rings. The van der Waals surface area contributed by atoms with E-state index >= 15 is 0 Å². The SMILES string of the molecule is [2H]c1coc2c(C(C)C)ccnc12. The van der Waals surface area contributed by atoms with Gasteiger partial charge in [-0.25, -0.2) is 0 Å². The molecule has 0 spiro atoms. The Balaban J connectivity index is 2.77. The first-order chi connectivity index (χ1) is 6.20. The molecule has 0 atom stereocenters. The number of hydrogen-bond acceptors (Lipinski definition) is 2. The molecule has 0 aliphatic carbocycles. The molecule has 2 aromatic heterocycles. The summed E-state index contributed by atoms with van der Waals surface area (Å²) in [7, 11) is 0. The standard InChI is InChI=1S/C10H11NO/c1-7(2)8-3-5-11-9-4-6-12-10(8)9/h3-7H,1-2H3/i4D. The molecule has 2 heteroatoms. The van der Waals surface area contributed by atoms with Crippen LogP contribution in [-0.4, -0.2) is 4.98 Å². The number of rotatable bonds is 1. The van der Waals surface area contributed by atoms with Crippen LogP contribution in [0.2, 0.25) is 0 Å². The third kappa shape index (κ3) is 0.998. The molecule has 0 N–H and O–H groups in total. The molecular formula is C10H11NO. The Labute approximate surface area is 72.6 Å². The van der Waals surface area contributed by atoms with Crippen LogP contribution in [0.1, 0.15) is 26.7 Å². The minimum atomic E-state index is 0.359. The Hall–Kier alpha value is -1.31. The van der Waals surface area contributed by atoms with Crippen LogP contribution in [0.25, 0.3) is 11.1 Å². The van der Waals surface area contributed by atoms with Gasteiger partial charge in [0.25, 0.3) is 0 Å². The molecule has 0 fully saturated rings. The highest BCUT2D eigenvalue weighted by Gasteiger charge is 2.07. The first kappa shape index (κ1) is 6.23. The van der Waals surface area contributed by atoms with E-state index < -0.39 is 0 Å². The van der Waals surface area contributed by atoms with E-state index in [1.807, 2.05) is 6.07 Å². The van der Waals surface area contributed by atoms with Gasteiger partial charge in [0.05, 0.1) is 7.63 Å². The monoisotopic (exact) mass is 162 g/mol. The summed E-state index contributed by atoms with van der Waals surface area (Å²) in [4.78, 5) is 4.10. The summed E-state index contributed by atoms with van der Waals surface area (Å²) >= 11 is 0. The molecule has 2 heterocycles. The first-order valence-electron chi connectivity index (χ1n) is 4.53. The molecule has 0 aliphatic heterocycles. The zero-order chi connectivity index (χ0) is 9.42. The molecule has 62 valence electrons. The van der Waals surface area contributed by atoms with Gasteiger partial charge in [0, 0.05) is 17.8 Å². The van der Waals surface area contributed by atoms with Crippen molar-refractivity contribution >= 4 is 11.1 Å². The summed E-state index contributed by atoms with van der Waals surface area (Å²) in [5, 5.41) is 0. The fourth-order valence-electron chi connectivity index (χ4n) is 1.29. The van der Waals surface area contributed by atoms with Crippen molar-refractivity contribution in [1.29, 1.82) is 0 Å². The molecule has 0 unspecified atom stereocenters. The Morgan fingerprint density at radius 2 is 2.42 bits per heavy atom. The summed E-state index contributed by atoms with van der Waals surface area (Å²) in [5.74, 6) is 0.399. The fraction of sp³-hybridized carbons (Fsp3) is 0.300. The predicted molar refractivity (Wildman–Crippen MR) is 48.1 cm³/mol. The van der Waals surface area contributed by atoms with E-state index in [2.05, 4.69) is 18.8 Å². The second-order valence-corrected chi connectivity index (χ2v) is 3.11. The lowest BCUT2D eigenvalue weighted by atomic mass is 10.0. The molecule has 0 saturated carbocycles. The van der Waals surface area contributed by atoms with Crippen LogP contribution in [0.5, 0.6) is 0 Å². The summed E-state index contributed by atoms with van der Waals surface area (Å²) in [6, 6.07) is 2.30. The van der Waals surface area contributed by atoms with Crippen molar-refractivity contribution in [2.24, 2.45) is 0 Å². The van der Waals surface area contributed by atoms with Crippen molar-refractivity contribution in [3.8, 4) is 0 Å². The highest BCUT2D eigenvalue weighted by Crippen LogP contribution is 2.23. The summed E-state index contributed by atoms with van der Waals surface area (Å²) in [6.45, 7) is 4.20. The van der Waals surface area contributed by atoms with Crippen molar-refractivity contribution in [2.45, 2.75) is 19.8 Å². The Morgan fingerprint density at radius 1 is 1.58 bits per heavy atom. The number of furan rings is 1. The lowest BCUT2D eigenvalue weighted by Crippen LogP contribution is -1.88. The second-order valence-electron chi connectivity index (χ2n) is 3.11. The van der Waals surface area contributed by atoms with Gasteiger partial charge in [-0.2, -0.15) is 0 Å². The van der Waals surface area contributed by atoms with E-state index in [1.165, 1.54) is 6.26 Å². The van der Waals surface area contributed by atoms with Crippen LogP contribution < -0.4 is 0 Å². The molecule has 12 heavy (non-hydrogen) atoms. The molecule has 0 amide bonds. The number of nitrogens with zero attached hydrogens (tertiary/aromatic N) is 1. The van der Waals surface area contributed by atoms with Gasteiger partial charge in [-0.3, -0.25) is 4.98 Å². The third-order valence-electron chi connectivity index (χ3n) is 1.93. The molecule has 0 saturated heterocycles. The summed E-state index contributed by atoms with van der Waals surface area (Å²) < 4.78 is 12.8. The molecular weight excluding hydrogens is 150 g/mol. The lowest BCUT2D eigenvalue weighted by molar-refractivity contribution is 0.606. The third-order valence-corrected chi connectivity index (χ3v) is 1.93. The Morgan fingerprint density at radius 3 is 3.17 bits per heavy atom. The largest absolute Gasteiger partial charge is 0.462 e. The number of aromatic nitrogens is 1. The quantitative estimate of drug-likeness (QED) is 0.644. The smallest absolute Gasteiger partial charge is 0.155 e. The topological polar surface area (TPSA) is 26.0 Å². The number of fused-ring (bicyclic) bond motifs is 1. The average Bonchev–Trinajstić information content (AvgIpc) is 2.48. The maximum absolute atomic E-state index is 7.53. The van der Waals surface area contributed by atoms with Gasteiger partial charge in [0.2, 0.25) is 0 Å². The van der Waals surface area contributed by atoms with Gasteiger partial charge in [-0.1, -0.05) is 13.8 Å². The molecule has 0 bridgehead atoms. The van der Waals surface area contributed by atoms with E-state index in [9.17, 15) is 0 Å². The first-order valence-corrected chi connectivity index (χ1v) is 4.03.